The van der Waals surface area contributed by atoms with Crippen molar-refractivity contribution in [2.75, 3.05) is 13.7 Å². The molecule has 0 bridgehead atoms. The van der Waals surface area contributed by atoms with Gasteiger partial charge in [0.2, 0.25) is 0 Å². The molecule has 108 valence electrons. The first-order valence-electron chi connectivity index (χ1n) is 6.53. The lowest BCUT2D eigenvalue weighted by Crippen LogP contribution is -2.17. The van der Waals surface area contributed by atoms with E-state index in [1.54, 1.807) is 35.7 Å². The molecule has 1 aromatic carbocycles. The van der Waals surface area contributed by atoms with Crippen LogP contribution in [0.4, 0.5) is 0 Å². The van der Waals surface area contributed by atoms with Gasteiger partial charge in [-0.05, 0) is 31.2 Å². The summed E-state index contributed by atoms with van der Waals surface area (Å²) in [6.45, 7) is 5.25. The fraction of sp³-hybridized carbons (Fsp3) is 0.429. The minimum absolute atomic E-state index is 0.344. The SMILES string of the molecule is CCNC(C)c1ccc(OC)c(CSc2nncs2)c1. The third-order valence-electron chi connectivity index (χ3n) is 3.01. The molecule has 20 heavy (non-hydrogen) atoms. The molecule has 0 radical (unpaired) electrons. The summed E-state index contributed by atoms with van der Waals surface area (Å²) >= 11 is 3.25. The van der Waals surface area contributed by atoms with Crippen molar-refractivity contribution in [3.05, 3.63) is 34.8 Å². The number of hydrogen-bond donors (Lipinski definition) is 1. The molecule has 1 N–H and O–H groups in total. The summed E-state index contributed by atoms with van der Waals surface area (Å²) in [6, 6.07) is 6.71. The highest BCUT2D eigenvalue weighted by atomic mass is 32.2. The number of thioether (sulfide) groups is 1. The van der Waals surface area contributed by atoms with Crippen molar-refractivity contribution in [3.8, 4) is 5.75 Å². The van der Waals surface area contributed by atoms with Crippen LogP contribution in [0.25, 0.3) is 0 Å². The molecule has 0 aliphatic rings. The predicted octanol–water partition coefficient (Wildman–Crippen LogP) is 3.51. The summed E-state index contributed by atoms with van der Waals surface area (Å²) in [5.74, 6) is 1.76. The molecule has 6 heteroatoms. The predicted molar refractivity (Wildman–Crippen MR) is 84.6 cm³/mol. The average Bonchev–Trinajstić information content (AvgIpc) is 2.98. The van der Waals surface area contributed by atoms with E-state index in [9.17, 15) is 0 Å². The van der Waals surface area contributed by atoms with Gasteiger partial charge in [-0.3, -0.25) is 0 Å². The Morgan fingerprint density at radius 1 is 1.45 bits per heavy atom. The summed E-state index contributed by atoms with van der Waals surface area (Å²) in [5, 5.41) is 11.3. The van der Waals surface area contributed by atoms with E-state index in [4.69, 9.17) is 4.74 Å². The minimum Gasteiger partial charge on any atom is -0.496 e. The molecule has 1 unspecified atom stereocenters. The molecular weight excluding hydrogens is 290 g/mol. The monoisotopic (exact) mass is 309 g/mol. The number of nitrogens with one attached hydrogen (secondary N) is 1. The van der Waals surface area contributed by atoms with Crippen molar-refractivity contribution in [1.82, 2.24) is 15.5 Å². The molecule has 0 amide bonds. The van der Waals surface area contributed by atoms with Gasteiger partial charge in [0.1, 0.15) is 11.3 Å². The molecular formula is C14H19N3OS2. The molecule has 1 aromatic heterocycles. The van der Waals surface area contributed by atoms with Gasteiger partial charge in [0.15, 0.2) is 4.34 Å². The molecule has 0 aliphatic heterocycles. The lowest BCUT2D eigenvalue weighted by atomic mass is 10.0. The van der Waals surface area contributed by atoms with E-state index >= 15 is 0 Å². The number of nitrogens with zero attached hydrogens (tertiary/aromatic N) is 2. The van der Waals surface area contributed by atoms with Gasteiger partial charge in [-0.2, -0.15) is 0 Å². The quantitative estimate of drug-likeness (QED) is 0.793. The maximum absolute atomic E-state index is 5.44. The number of aromatic nitrogens is 2. The Balaban J connectivity index is 2.13. The van der Waals surface area contributed by atoms with Crippen molar-refractivity contribution in [2.45, 2.75) is 30.0 Å². The molecule has 2 aromatic rings. The van der Waals surface area contributed by atoms with Crippen molar-refractivity contribution >= 4 is 23.1 Å². The van der Waals surface area contributed by atoms with Crippen LogP contribution in [0.2, 0.25) is 0 Å². The van der Waals surface area contributed by atoms with Gasteiger partial charge in [-0.25, -0.2) is 0 Å². The summed E-state index contributed by atoms with van der Waals surface area (Å²) in [5.41, 5.74) is 4.22. The van der Waals surface area contributed by atoms with Crippen molar-refractivity contribution < 1.29 is 4.74 Å². The first-order valence-corrected chi connectivity index (χ1v) is 8.40. The van der Waals surface area contributed by atoms with Crippen LogP contribution in [0.5, 0.6) is 5.75 Å². The zero-order valence-electron chi connectivity index (χ0n) is 11.9. The van der Waals surface area contributed by atoms with Crippen LogP contribution in [-0.4, -0.2) is 23.9 Å². The second-order valence-corrected chi connectivity index (χ2v) is 6.40. The Labute approximate surface area is 128 Å². The number of methoxy groups -OCH3 is 1. The van der Waals surface area contributed by atoms with Gasteiger partial charge in [0, 0.05) is 17.4 Å². The molecule has 0 spiro atoms. The fourth-order valence-corrected chi connectivity index (χ4v) is 3.44. The molecule has 0 saturated heterocycles. The summed E-state index contributed by atoms with van der Waals surface area (Å²) in [4.78, 5) is 0. The van der Waals surface area contributed by atoms with Gasteiger partial charge in [0.25, 0.3) is 0 Å². The Kier molecular flexibility index (Phi) is 5.82. The Hall–Kier alpha value is -1.11. The number of ether oxygens (including phenoxy) is 1. The van der Waals surface area contributed by atoms with E-state index in [1.165, 1.54) is 11.1 Å². The number of hydrogen-bond acceptors (Lipinski definition) is 6. The second kappa shape index (κ2) is 7.61. The highest BCUT2D eigenvalue weighted by Crippen LogP contribution is 2.30. The smallest absolute Gasteiger partial charge is 0.174 e. The highest BCUT2D eigenvalue weighted by Gasteiger charge is 2.10. The van der Waals surface area contributed by atoms with Crippen molar-refractivity contribution in [3.63, 3.8) is 0 Å². The van der Waals surface area contributed by atoms with Gasteiger partial charge in [-0.15, -0.1) is 10.2 Å². The summed E-state index contributed by atoms with van der Waals surface area (Å²) in [7, 11) is 1.71. The van der Waals surface area contributed by atoms with Gasteiger partial charge in [-0.1, -0.05) is 36.1 Å². The van der Waals surface area contributed by atoms with Crippen molar-refractivity contribution in [2.24, 2.45) is 0 Å². The number of rotatable bonds is 7. The standard InChI is InChI=1S/C14H19N3OS2/c1-4-15-10(2)11-5-6-13(18-3)12(7-11)8-19-14-17-16-9-20-14/h5-7,9-10,15H,4,8H2,1-3H3. The first kappa shape index (κ1) is 15.3. The maximum Gasteiger partial charge on any atom is 0.174 e. The van der Waals surface area contributed by atoms with E-state index in [-0.39, 0.29) is 0 Å². The summed E-state index contributed by atoms with van der Waals surface area (Å²) < 4.78 is 6.43. The van der Waals surface area contributed by atoms with Crippen LogP contribution in [0.3, 0.4) is 0 Å². The highest BCUT2D eigenvalue weighted by molar-refractivity contribution is 8.00. The Morgan fingerprint density at radius 3 is 2.95 bits per heavy atom. The second-order valence-electron chi connectivity index (χ2n) is 4.34. The van der Waals surface area contributed by atoms with E-state index < -0.39 is 0 Å². The normalized spacial score (nSPS) is 12.3. The number of benzene rings is 1. The van der Waals surface area contributed by atoms with E-state index in [0.29, 0.717) is 6.04 Å². The minimum atomic E-state index is 0.344. The van der Waals surface area contributed by atoms with E-state index in [0.717, 1.165) is 22.4 Å². The summed E-state index contributed by atoms with van der Waals surface area (Å²) in [6.07, 6.45) is 0. The van der Waals surface area contributed by atoms with Crippen molar-refractivity contribution in [1.29, 1.82) is 0 Å². The fourth-order valence-electron chi connectivity index (χ4n) is 1.97. The van der Waals surface area contributed by atoms with Crippen LogP contribution < -0.4 is 10.1 Å². The zero-order valence-corrected chi connectivity index (χ0v) is 13.6. The molecule has 1 atom stereocenters. The third kappa shape index (κ3) is 3.94. The molecule has 0 aliphatic carbocycles. The zero-order chi connectivity index (χ0) is 14.4. The first-order chi connectivity index (χ1) is 9.74. The van der Waals surface area contributed by atoms with Crippen LogP contribution in [0, 0.1) is 0 Å². The van der Waals surface area contributed by atoms with Crippen LogP contribution in [-0.2, 0) is 5.75 Å². The van der Waals surface area contributed by atoms with E-state index in [2.05, 4.69) is 41.5 Å². The molecule has 4 nitrogen and oxygen atoms in total. The molecule has 0 saturated carbocycles. The van der Waals surface area contributed by atoms with Crippen LogP contribution in [0.15, 0.2) is 28.0 Å². The Morgan fingerprint density at radius 2 is 2.30 bits per heavy atom. The molecule has 0 fully saturated rings. The van der Waals surface area contributed by atoms with Crippen LogP contribution in [0.1, 0.15) is 31.0 Å². The van der Waals surface area contributed by atoms with Gasteiger partial charge in [0.05, 0.1) is 7.11 Å². The Bertz CT molecular complexity index is 531. The largest absolute Gasteiger partial charge is 0.496 e. The lowest BCUT2D eigenvalue weighted by molar-refractivity contribution is 0.411. The molecule has 1 heterocycles. The van der Waals surface area contributed by atoms with E-state index in [1.807, 2.05) is 6.07 Å². The van der Waals surface area contributed by atoms with Gasteiger partial charge >= 0.3 is 0 Å². The topological polar surface area (TPSA) is 47.0 Å². The van der Waals surface area contributed by atoms with Gasteiger partial charge < -0.3 is 10.1 Å². The average molecular weight is 309 g/mol. The van der Waals surface area contributed by atoms with Crippen LogP contribution >= 0.6 is 23.1 Å². The lowest BCUT2D eigenvalue weighted by Gasteiger charge is -2.15. The molecule has 2 rings (SSSR count). The maximum atomic E-state index is 5.44. The third-order valence-corrected chi connectivity index (χ3v) is 4.92.